The SMILES string of the molecule is CCn1nnc([C@H]2O[C@@H](n3cnc4c(NCCc5ccccc5)nc(N[C@@H]5CCNC5)nc43)[C@H](O)[C@@H]2O)n1. The molecule has 5 N–H and O–H groups in total. The number of hydrogen-bond donors (Lipinski definition) is 5. The third-order valence-corrected chi connectivity index (χ3v) is 6.88. The zero-order valence-electron chi connectivity index (χ0n) is 21.0. The molecular formula is C24H31N11O3. The van der Waals surface area contributed by atoms with Crippen molar-refractivity contribution >= 4 is 22.9 Å². The maximum Gasteiger partial charge on any atom is 0.227 e. The van der Waals surface area contributed by atoms with Gasteiger partial charge in [0.2, 0.25) is 11.8 Å². The number of hydrogen-bond acceptors (Lipinski definition) is 12. The van der Waals surface area contributed by atoms with Gasteiger partial charge in [-0.1, -0.05) is 30.3 Å². The summed E-state index contributed by atoms with van der Waals surface area (Å²) in [6.07, 6.45) is -1.10. The molecule has 2 aliphatic rings. The summed E-state index contributed by atoms with van der Waals surface area (Å²) in [5.74, 6) is 1.24. The number of nitrogens with zero attached hydrogens (tertiary/aromatic N) is 8. The van der Waals surface area contributed by atoms with E-state index in [1.807, 2.05) is 25.1 Å². The molecule has 14 heteroatoms. The number of tetrazole rings is 1. The maximum absolute atomic E-state index is 10.9. The highest BCUT2D eigenvalue weighted by molar-refractivity contribution is 5.84. The standard InChI is InChI=1S/C24H31N11O3/c1-2-35-32-21(31-33-35)19-17(36)18(37)23(38-19)34-13-27-16-20(26-11-8-14-6-4-3-5-7-14)29-24(30-22(16)34)28-15-9-10-25-12-15/h3-7,13,15,17-19,23,25,36-37H,2,8-12H2,1H3,(H2,26,28,29,30)/t15-,17+,18-,19+,23-/m1/s1. The molecule has 200 valence electrons. The molecule has 6 rings (SSSR count). The molecule has 0 spiro atoms. The van der Waals surface area contributed by atoms with Crippen molar-refractivity contribution in [3.05, 3.63) is 48.0 Å². The Morgan fingerprint density at radius 2 is 2.03 bits per heavy atom. The number of anilines is 2. The molecule has 0 bridgehead atoms. The van der Waals surface area contributed by atoms with Crippen LogP contribution in [0.25, 0.3) is 11.2 Å². The Morgan fingerprint density at radius 1 is 1.16 bits per heavy atom. The van der Waals surface area contributed by atoms with E-state index in [9.17, 15) is 10.2 Å². The van der Waals surface area contributed by atoms with Crippen LogP contribution in [0, 0.1) is 0 Å². The predicted octanol–water partition coefficient (Wildman–Crippen LogP) is 0.253. The Kier molecular flexibility index (Phi) is 6.84. The van der Waals surface area contributed by atoms with Crippen molar-refractivity contribution in [3.8, 4) is 0 Å². The second-order valence-corrected chi connectivity index (χ2v) is 9.48. The van der Waals surface area contributed by atoms with Crippen molar-refractivity contribution in [2.45, 2.75) is 56.9 Å². The Hall–Kier alpha value is -3.72. The largest absolute Gasteiger partial charge is 0.387 e. The summed E-state index contributed by atoms with van der Waals surface area (Å²) in [6, 6.07) is 10.4. The molecule has 38 heavy (non-hydrogen) atoms. The fraction of sp³-hybridized carbons (Fsp3) is 0.500. The Morgan fingerprint density at radius 3 is 2.79 bits per heavy atom. The van der Waals surface area contributed by atoms with E-state index in [1.54, 1.807) is 10.9 Å². The molecule has 5 heterocycles. The molecule has 0 saturated carbocycles. The third-order valence-electron chi connectivity index (χ3n) is 6.88. The highest BCUT2D eigenvalue weighted by Gasteiger charge is 2.47. The van der Waals surface area contributed by atoms with Crippen molar-refractivity contribution in [1.29, 1.82) is 0 Å². The third kappa shape index (κ3) is 4.78. The second-order valence-electron chi connectivity index (χ2n) is 9.48. The van der Waals surface area contributed by atoms with Gasteiger partial charge in [-0.25, -0.2) is 4.98 Å². The van der Waals surface area contributed by atoms with E-state index in [1.165, 1.54) is 10.4 Å². The number of benzene rings is 1. The van der Waals surface area contributed by atoms with E-state index in [0.717, 1.165) is 25.9 Å². The van der Waals surface area contributed by atoms with E-state index < -0.39 is 24.5 Å². The summed E-state index contributed by atoms with van der Waals surface area (Å²) in [6.45, 7) is 4.80. The van der Waals surface area contributed by atoms with Gasteiger partial charge >= 0.3 is 0 Å². The molecule has 4 aromatic rings. The first-order valence-corrected chi connectivity index (χ1v) is 12.9. The normalized spacial score (nSPS) is 25.3. The van der Waals surface area contributed by atoms with Gasteiger partial charge in [-0.3, -0.25) is 4.57 Å². The molecule has 2 saturated heterocycles. The lowest BCUT2D eigenvalue weighted by Gasteiger charge is -2.18. The van der Waals surface area contributed by atoms with Crippen LogP contribution < -0.4 is 16.0 Å². The summed E-state index contributed by atoms with van der Waals surface area (Å²) < 4.78 is 7.69. The average Bonchev–Trinajstić information content (AvgIpc) is 3.74. The molecular weight excluding hydrogens is 490 g/mol. The van der Waals surface area contributed by atoms with E-state index >= 15 is 0 Å². The fourth-order valence-corrected chi connectivity index (χ4v) is 4.83. The van der Waals surface area contributed by atoms with E-state index in [4.69, 9.17) is 14.7 Å². The first-order valence-electron chi connectivity index (χ1n) is 12.9. The van der Waals surface area contributed by atoms with Crippen LogP contribution in [0.1, 0.15) is 37.1 Å². The van der Waals surface area contributed by atoms with Crippen LogP contribution in [0.15, 0.2) is 36.7 Å². The molecule has 1 aromatic carbocycles. The van der Waals surface area contributed by atoms with Crippen LogP contribution in [0.5, 0.6) is 0 Å². The summed E-state index contributed by atoms with van der Waals surface area (Å²) in [7, 11) is 0. The minimum absolute atomic E-state index is 0.202. The van der Waals surface area contributed by atoms with Crippen molar-refractivity contribution in [1.82, 2.24) is 45.0 Å². The molecule has 0 amide bonds. The van der Waals surface area contributed by atoms with Gasteiger partial charge in [-0.05, 0) is 37.1 Å². The molecule has 5 atom stereocenters. The number of aryl methyl sites for hydroxylation is 1. The molecule has 0 radical (unpaired) electrons. The number of aliphatic hydroxyl groups is 2. The van der Waals surface area contributed by atoms with Crippen molar-refractivity contribution < 1.29 is 14.9 Å². The maximum atomic E-state index is 10.9. The number of aliphatic hydroxyl groups excluding tert-OH is 2. The predicted molar refractivity (Wildman–Crippen MR) is 137 cm³/mol. The van der Waals surface area contributed by atoms with E-state index in [-0.39, 0.29) is 11.9 Å². The topological polar surface area (TPSA) is 173 Å². The zero-order valence-corrected chi connectivity index (χ0v) is 21.0. The summed E-state index contributed by atoms with van der Waals surface area (Å²) in [5.41, 5.74) is 2.22. The van der Waals surface area contributed by atoms with Crippen LogP contribution in [0.4, 0.5) is 11.8 Å². The van der Waals surface area contributed by atoms with E-state index in [2.05, 4.69) is 48.5 Å². The van der Waals surface area contributed by atoms with Crippen LogP contribution in [-0.4, -0.2) is 87.8 Å². The van der Waals surface area contributed by atoms with E-state index in [0.29, 0.717) is 36.0 Å². The fourth-order valence-electron chi connectivity index (χ4n) is 4.83. The van der Waals surface area contributed by atoms with Crippen molar-refractivity contribution in [2.24, 2.45) is 0 Å². The van der Waals surface area contributed by atoms with Gasteiger partial charge in [0.15, 0.2) is 29.3 Å². The van der Waals surface area contributed by atoms with Crippen LogP contribution in [0.3, 0.4) is 0 Å². The van der Waals surface area contributed by atoms with Crippen LogP contribution >= 0.6 is 0 Å². The van der Waals surface area contributed by atoms with Gasteiger partial charge in [0, 0.05) is 19.1 Å². The molecule has 0 aliphatic carbocycles. The quantitative estimate of drug-likeness (QED) is 0.204. The Labute approximate surface area is 218 Å². The molecule has 0 unspecified atom stereocenters. The number of aromatic nitrogens is 8. The molecule has 2 fully saturated rings. The monoisotopic (exact) mass is 521 g/mol. The van der Waals surface area contributed by atoms with Gasteiger partial charge < -0.3 is 30.9 Å². The number of nitrogens with one attached hydrogen (secondary N) is 3. The first kappa shape index (κ1) is 24.6. The zero-order chi connectivity index (χ0) is 26.1. The van der Waals surface area contributed by atoms with Gasteiger partial charge in [0.1, 0.15) is 12.2 Å². The summed E-state index contributed by atoms with van der Waals surface area (Å²) in [5, 5.41) is 44.0. The number of rotatable bonds is 9. The molecule has 14 nitrogen and oxygen atoms in total. The Bertz CT molecular complexity index is 1370. The lowest BCUT2D eigenvalue weighted by atomic mass is 10.1. The van der Waals surface area contributed by atoms with Crippen LogP contribution in [-0.2, 0) is 17.7 Å². The minimum Gasteiger partial charge on any atom is -0.387 e. The van der Waals surface area contributed by atoms with Gasteiger partial charge in [0.05, 0.1) is 12.9 Å². The highest BCUT2D eigenvalue weighted by Crippen LogP contribution is 2.39. The molecule has 3 aromatic heterocycles. The molecule has 2 aliphatic heterocycles. The highest BCUT2D eigenvalue weighted by atomic mass is 16.6. The van der Waals surface area contributed by atoms with Crippen LogP contribution in [0.2, 0.25) is 0 Å². The lowest BCUT2D eigenvalue weighted by molar-refractivity contribution is -0.0384. The smallest absolute Gasteiger partial charge is 0.227 e. The number of imidazole rings is 1. The van der Waals surface area contributed by atoms with Gasteiger partial charge in [-0.15, -0.1) is 10.2 Å². The number of ether oxygens (including phenoxy) is 1. The number of fused-ring (bicyclic) bond motifs is 1. The van der Waals surface area contributed by atoms with Crippen molar-refractivity contribution in [2.75, 3.05) is 30.3 Å². The summed E-state index contributed by atoms with van der Waals surface area (Å²) >= 11 is 0. The second kappa shape index (κ2) is 10.6. The van der Waals surface area contributed by atoms with Crippen molar-refractivity contribution in [3.63, 3.8) is 0 Å². The van der Waals surface area contributed by atoms with Gasteiger partial charge in [-0.2, -0.15) is 14.8 Å². The summed E-state index contributed by atoms with van der Waals surface area (Å²) in [4.78, 5) is 15.4. The Balaban J connectivity index is 1.30. The average molecular weight is 522 g/mol. The first-order chi connectivity index (χ1) is 18.6. The van der Waals surface area contributed by atoms with Gasteiger partial charge in [0.25, 0.3) is 0 Å². The minimum atomic E-state index is -1.26. The lowest BCUT2D eigenvalue weighted by Crippen LogP contribution is -2.29.